The second-order valence-electron chi connectivity index (χ2n) is 8.15. The predicted molar refractivity (Wildman–Crippen MR) is 118 cm³/mol. The molecule has 0 radical (unpaired) electrons. The molecule has 3 aromatic rings. The fraction of sp³-hybridized carbons (Fsp3) is 0.375. The number of rotatable bonds is 4. The molecular formula is C24H25N3O2S. The second kappa shape index (κ2) is 8.19. The van der Waals surface area contributed by atoms with E-state index < -0.39 is 0 Å². The van der Waals surface area contributed by atoms with E-state index in [9.17, 15) is 9.59 Å². The number of hydrogen-bond donors (Lipinski definition) is 0. The molecule has 1 aromatic heterocycles. The third kappa shape index (κ3) is 3.72. The van der Waals surface area contributed by atoms with Gasteiger partial charge in [0.1, 0.15) is 5.01 Å². The molecule has 1 unspecified atom stereocenters. The number of nitrogens with zero attached hydrogens (tertiary/aromatic N) is 3. The standard InChI is InChI=1S/C24H25N3O2S/c28-22-9-5-14-26(22)16-17-10-12-18(13-11-17)24(29)27-15-4-3-7-20(27)23-25-19-6-1-2-8-21(19)30-23/h1-2,6,8,10-13,20H,3-5,7,9,14-16H2. The van der Waals surface area contributed by atoms with Crippen molar-refractivity contribution in [2.75, 3.05) is 13.1 Å². The summed E-state index contributed by atoms with van der Waals surface area (Å²) in [6, 6.07) is 16.0. The first kappa shape index (κ1) is 19.2. The van der Waals surface area contributed by atoms with Gasteiger partial charge in [0.25, 0.3) is 5.91 Å². The van der Waals surface area contributed by atoms with Crippen molar-refractivity contribution in [2.45, 2.75) is 44.7 Å². The Labute approximate surface area is 180 Å². The Morgan fingerprint density at radius 3 is 2.63 bits per heavy atom. The molecule has 5 rings (SSSR count). The zero-order valence-electron chi connectivity index (χ0n) is 16.9. The van der Waals surface area contributed by atoms with Crippen molar-refractivity contribution >= 4 is 33.4 Å². The molecule has 5 nitrogen and oxygen atoms in total. The van der Waals surface area contributed by atoms with Gasteiger partial charge in [0.05, 0.1) is 16.3 Å². The average molecular weight is 420 g/mol. The molecule has 1 atom stereocenters. The molecular weight excluding hydrogens is 394 g/mol. The number of amides is 2. The monoisotopic (exact) mass is 419 g/mol. The lowest BCUT2D eigenvalue weighted by Crippen LogP contribution is -2.38. The van der Waals surface area contributed by atoms with E-state index in [-0.39, 0.29) is 17.9 Å². The number of carbonyl (C=O) groups excluding carboxylic acids is 2. The van der Waals surface area contributed by atoms with Gasteiger partial charge in [0, 0.05) is 31.6 Å². The van der Waals surface area contributed by atoms with Gasteiger partial charge in [-0.25, -0.2) is 4.98 Å². The van der Waals surface area contributed by atoms with Crippen LogP contribution in [0.4, 0.5) is 0 Å². The van der Waals surface area contributed by atoms with E-state index in [0.717, 1.165) is 54.9 Å². The molecule has 0 N–H and O–H groups in total. The minimum Gasteiger partial charge on any atom is -0.338 e. The van der Waals surface area contributed by atoms with Gasteiger partial charge in [-0.3, -0.25) is 9.59 Å². The zero-order valence-corrected chi connectivity index (χ0v) is 17.7. The van der Waals surface area contributed by atoms with Gasteiger partial charge in [-0.05, 0) is 55.5 Å². The van der Waals surface area contributed by atoms with Gasteiger partial charge in [-0.2, -0.15) is 0 Å². The molecule has 2 aliphatic rings. The zero-order chi connectivity index (χ0) is 20.5. The van der Waals surface area contributed by atoms with E-state index in [1.807, 2.05) is 52.3 Å². The van der Waals surface area contributed by atoms with Crippen molar-refractivity contribution < 1.29 is 9.59 Å². The van der Waals surface area contributed by atoms with Crippen molar-refractivity contribution in [3.8, 4) is 0 Å². The highest BCUT2D eigenvalue weighted by Crippen LogP contribution is 2.36. The SMILES string of the molecule is O=C1CCCN1Cc1ccc(C(=O)N2CCCCC2c2nc3ccccc3s2)cc1. The Kier molecular flexibility index (Phi) is 5.25. The Morgan fingerprint density at radius 2 is 1.87 bits per heavy atom. The summed E-state index contributed by atoms with van der Waals surface area (Å²) in [6.07, 6.45) is 4.70. The summed E-state index contributed by atoms with van der Waals surface area (Å²) < 4.78 is 1.17. The molecule has 2 saturated heterocycles. The molecule has 2 aliphatic heterocycles. The van der Waals surface area contributed by atoms with E-state index in [2.05, 4.69) is 6.07 Å². The van der Waals surface area contributed by atoms with E-state index in [0.29, 0.717) is 18.5 Å². The van der Waals surface area contributed by atoms with Crippen molar-refractivity contribution in [1.82, 2.24) is 14.8 Å². The second-order valence-corrected chi connectivity index (χ2v) is 9.21. The third-order valence-electron chi connectivity index (χ3n) is 6.10. The molecule has 2 aromatic carbocycles. The van der Waals surface area contributed by atoms with Crippen LogP contribution in [0.25, 0.3) is 10.2 Å². The molecule has 6 heteroatoms. The predicted octanol–water partition coefficient (Wildman–Crippen LogP) is 4.79. The lowest BCUT2D eigenvalue weighted by molar-refractivity contribution is -0.128. The minimum absolute atomic E-state index is 0.0468. The topological polar surface area (TPSA) is 53.5 Å². The van der Waals surface area contributed by atoms with Crippen molar-refractivity contribution in [2.24, 2.45) is 0 Å². The molecule has 2 amide bonds. The molecule has 0 spiro atoms. The summed E-state index contributed by atoms with van der Waals surface area (Å²) in [5.74, 6) is 0.296. The maximum atomic E-state index is 13.3. The van der Waals surface area contributed by atoms with Gasteiger partial charge in [-0.15, -0.1) is 11.3 Å². The van der Waals surface area contributed by atoms with Crippen molar-refractivity contribution in [1.29, 1.82) is 0 Å². The first-order valence-electron chi connectivity index (χ1n) is 10.7. The van der Waals surface area contributed by atoms with E-state index >= 15 is 0 Å². The molecule has 0 aliphatic carbocycles. The molecule has 30 heavy (non-hydrogen) atoms. The van der Waals surface area contributed by atoms with E-state index in [1.54, 1.807) is 11.3 Å². The lowest BCUT2D eigenvalue weighted by atomic mass is 10.0. The first-order valence-corrected chi connectivity index (χ1v) is 11.5. The number of thiazole rings is 1. The number of aromatic nitrogens is 1. The maximum Gasteiger partial charge on any atom is 0.254 e. The molecule has 0 bridgehead atoms. The van der Waals surface area contributed by atoms with Gasteiger partial charge in [0.15, 0.2) is 0 Å². The number of piperidine rings is 1. The molecule has 3 heterocycles. The highest BCUT2D eigenvalue weighted by atomic mass is 32.1. The molecule has 154 valence electrons. The van der Waals surface area contributed by atoms with E-state index in [1.165, 1.54) is 4.70 Å². The third-order valence-corrected chi connectivity index (χ3v) is 7.24. The summed E-state index contributed by atoms with van der Waals surface area (Å²) in [5.41, 5.74) is 2.79. The number of hydrogen-bond acceptors (Lipinski definition) is 4. The van der Waals surface area contributed by atoms with Crippen molar-refractivity contribution in [3.05, 3.63) is 64.7 Å². The van der Waals surface area contributed by atoms with Crippen LogP contribution in [0.1, 0.15) is 59.1 Å². The van der Waals surface area contributed by atoms with Gasteiger partial charge < -0.3 is 9.80 Å². The van der Waals surface area contributed by atoms with Crippen LogP contribution in [0.15, 0.2) is 48.5 Å². The highest BCUT2D eigenvalue weighted by molar-refractivity contribution is 7.18. The van der Waals surface area contributed by atoms with E-state index in [4.69, 9.17) is 4.98 Å². The Bertz CT molecular complexity index is 1040. The largest absolute Gasteiger partial charge is 0.338 e. The lowest BCUT2D eigenvalue weighted by Gasteiger charge is -2.34. The maximum absolute atomic E-state index is 13.3. The fourth-order valence-corrected chi connectivity index (χ4v) is 5.59. The fourth-order valence-electron chi connectivity index (χ4n) is 4.47. The Morgan fingerprint density at radius 1 is 1.03 bits per heavy atom. The highest BCUT2D eigenvalue weighted by Gasteiger charge is 2.31. The summed E-state index contributed by atoms with van der Waals surface area (Å²) in [5, 5.41) is 1.04. The molecule has 0 saturated carbocycles. The van der Waals surface area contributed by atoms with Gasteiger partial charge >= 0.3 is 0 Å². The van der Waals surface area contributed by atoms with Crippen LogP contribution in [0.3, 0.4) is 0 Å². The summed E-state index contributed by atoms with van der Waals surface area (Å²) in [6.45, 7) is 2.23. The minimum atomic E-state index is 0.0468. The van der Waals surface area contributed by atoms with Crippen LogP contribution in [0, 0.1) is 0 Å². The van der Waals surface area contributed by atoms with Crippen LogP contribution in [-0.2, 0) is 11.3 Å². The Balaban J connectivity index is 1.35. The van der Waals surface area contributed by atoms with Gasteiger partial charge in [0.2, 0.25) is 5.91 Å². The normalized spacial score (nSPS) is 19.6. The van der Waals surface area contributed by atoms with Crippen molar-refractivity contribution in [3.63, 3.8) is 0 Å². The average Bonchev–Trinajstić information content (AvgIpc) is 3.40. The van der Waals surface area contributed by atoms with Crippen LogP contribution in [0.2, 0.25) is 0 Å². The first-order chi connectivity index (χ1) is 14.7. The van der Waals surface area contributed by atoms with Gasteiger partial charge in [-0.1, -0.05) is 24.3 Å². The summed E-state index contributed by atoms with van der Waals surface area (Å²) >= 11 is 1.70. The number of carbonyl (C=O) groups is 2. The summed E-state index contributed by atoms with van der Waals surface area (Å²) in [7, 11) is 0. The number of likely N-dealkylation sites (tertiary alicyclic amines) is 2. The van der Waals surface area contributed by atoms with Crippen LogP contribution >= 0.6 is 11.3 Å². The smallest absolute Gasteiger partial charge is 0.254 e. The molecule has 2 fully saturated rings. The van der Waals surface area contributed by atoms with Crippen LogP contribution < -0.4 is 0 Å². The van der Waals surface area contributed by atoms with Crippen LogP contribution in [0.5, 0.6) is 0 Å². The number of benzene rings is 2. The number of para-hydroxylation sites is 1. The van der Waals surface area contributed by atoms with Crippen LogP contribution in [-0.4, -0.2) is 39.7 Å². The Hall–Kier alpha value is -2.73. The number of fused-ring (bicyclic) bond motifs is 1. The summed E-state index contributed by atoms with van der Waals surface area (Å²) in [4.78, 5) is 33.9. The quantitative estimate of drug-likeness (QED) is 0.611.